The molecule has 0 spiro atoms. The molecule has 1 fully saturated rings. The van der Waals surface area contributed by atoms with Crippen molar-refractivity contribution in [1.82, 2.24) is 5.43 Å². The summed E-state index contributed by atoms with van der Waals surface area (Å²) >= 11 is 0. The number of nitrogens with one attached hydrogen (secondary N) is 1. The van der Waals surface area contributed by atoms with Crippen LogP contribution in [0.5, 0.6) is 0 Å². The van der Waals surface area contributed by atoms with E-state index in [-0.39, 0.29) is 11.3 Å². The normalized spacial score (nSPS) is 15.8. The summed E-state index contributed by atoms with van der Waals surface area (Å²) in [5.74, 6) is -0.989. The first kappa shape index (κ1) is 14.5. The number of nitrogens with zero attached hydrogens (tertiary/aromatic N) is 2. The average molecular weight is 309 g/mol. The van der Waals surface area contributed by atoms with Crippen LogP contribution in [0.4, 0.5) is 11.4 Å². The molecule has 1 aliphatic heterocycles. The maximum absolute atomic E-state index is 12.4. The third kappa shape index (κ3) is 2.80. The molecule has 3 rings (SSSR count). The van der Waals surface area contributed by atoms with Gasteiger partial charge in [0.05, 0.1) is 10.6 Å². The van der Waals surface area contributed by atoms with E-state index in [1.807, 2.05) is 0 Å². The lowest BCUT2D eigenvalue weighted by Crippen LogP contribution is -2.35. The highest BCUT2D eigenvalue weighted by molar-refractivity contribution is 6.31. The van der Waals surface area contributed by atoms with Crippen molar-refractivity contribution in [1.29, 1.82) is 0 Å². The fraction of sp³-hybridized carbons (Fsp3) is 0. The minimum atomic E-state index is -0.516. The first-order valence-corrected chi connectivity index (χ1v) is 6.73. The van der Waals surface area contributed by atoms with Crippen LogP contribution in [0.1, 0.15) is 5.56 Å². The van der Waals surface area contributed by atoms with Crippen LogP contribution in [0.15, 0.2) is 60.2 Å². The SMILES string of the molecule is O=C1NN(c2ccccc2)C(=O)C1=Cc1ccc([N+](=O)[O-])cc1. The molecule has 7 nitrogen and oxygen atoms in total. The van der Waals surface area contributed by atoms with Crippen molar-refractivity contribution in [3.05, 3.63) is 75.8 Å². The van der Waals surface area contributed by atoms with Gasteiger partial charge in [0.25, 0.3) is 17.5 Å². The van der Waals surface area contributed by atoms with Crippen LogP contribution < -0.4 is 10.4 Å². The van der Waals surface area contributed by atoms with Gasteiger partial charge in [-0.1, -0.05) is 18.2 Å². The number of anilines is 1. The van der Waals surface area contributed by atoms with Gasteiger partial charge in [0.15, 0.2) is 0 Å². The maximum atomic E-state index is 12.4. The highest BCUT2D eigenvalue weighted by atomic mass is 16.6. The molecule has 0 atom stereocenters. The maximum Gasteiger partial charge on any atom is 0.282 e. The van der Waals surface area contributed by atoms with E-state index >= 15 is 0 Å². The topological polar surface area (TPSA) is 92.6 Å². The van der Waals surface area contributed by atoms with E-state index < -0.39 is 16.7 Å². The highest BCUT2D eigenvalue weighted by Gasteiger charge is 2.34. The Hall–Kier alpha value is -3.48. The van der Waals surface area contributed by atoms with Crippen molar-refractivity contribution >= 4 is 29.3 Å². The molecule has 2 aromatic carbocycles. The van der Waals surface area contributed by atoms with E-state index in [0.717, 1.165) is 0 Å². The summed E-state index contributed by atoms with van der Waals surface area (Å²) in [6.45, 7) is 0. The molecule has 0 unspecified atom stereocenters. The summed E-state index contributed by atoms with van der Waals surface area (Å²) in [5.41, 5.74) is 3.49. The number of nitro benzene ring substituents is 1. The van der Waals surface area contributed by atoms with Crippen molar-refractivity contribution in [2.75, 3.05) is 5.01 Å². The lowest BCUT2D eigenvalue weighted by molar-refractivity contribution is -0.384. The zero-order valence-corrected chi connectivity index (χ0v) is 11.8. The molecular formula is C16H11N3O4. The zero-order valence-electron chi connectivity index (χ0n) is 11.8. The Kier molecular flexibility index (Phi) is 3.60. The summed E-state index contributed by atoms with van der Waals surface area (Å²) in [6.07, 6.45) is 1.41. The van der Waals surface area contributed by atoms with E-state index in [1.54, 1.807) is 30.3 Å². The van der Waals surface area contributed by atoms with Gasteiger partial charge in [-0.25, -0.2) is 5.01 Å². The molecule has 0 bridgehead atoms. The Morgan fingerprint density at radius 3 is 2.26 bits per heavy atom. The molecule has 0 aliphatic carbocycles. The number of benzene rings is 2. The van der Waals surface area contributed by atoms with Gasteiger partial charge in [-0.05, 0) is 35.9 Å². The highest BCUT2D eigenvalue weighted by Crippen LogP contribution is 2.21. The fourth-order valence-electron chi connectivity index (χ4n) is 2.18. The number of amides is 2. The largest absolute Gasteiger partial charge is 0.282 e. The molecule has 23 heavy (non-hydrogen) atoms. The average Bonchev–Trinajstić information content (AvgIpc) is 2.84. The number of carbonyl (C=O) groups is 2. The predicted octanol–water partition coefficient (Wildman–Crippen LogP) is 2.06. The molecule has 1 heterocycles. The van der Waals surface area contributed by atoms with Crippen molar-refractivity contribution in [2.45, 2.75) is 0 Å². The van der Waals surface area contributed by atoms with Gasteiger partial charge < -0.3 is 0 Å². The summed E-state index contributed by atoms with van der Waals surface area (Å²) in [4.78, 5) is 34.5. The van der Waals surface area contributed by atoms with Crippen LogP contribution in [0, 0.1) is 10.1 Å². The second kappa shape index (κ2) is 5.72. The van der Waals surface area contributed by atoms with Crippen LogP contribution in [0.25, 0.3) is 6.08 Å². The lowest BCUT2D eigenvalue weighted by atomic mass is 10.1. The van der Waals surface area contributed by atoms with Gasteiger partial charge in [0, 0.05) is 12.1 Å². The standard InChI is InChI=1S/C16H11N3O4/c20-15-14(10-11-6-8-13(9-7-11)19(22)23)16(21)18(17-15)12-4-2-1-3-5-12/h1-10H,(H,17,20). The van der Waals surface area contributed by atoms with E-state index in [1.165, 1.54) is 35.4 Å². The first-order valence-electron chi connectivity index (χ1n) is 6.73. The molecule has 1 N–H and O–H groups in total. The van der Waals surface area contributed by atoms with Gasteiger partial charge in [-0.15, -0.1) is 0 Å². The van der Waals surface area contributed by atoms with Crippen LogP contribution in [0.3, 0.4) is 0 Å². The number of rotatable bonds is 3. The van der Waals surface area contributed by atoms with Crippen molar-refractivity contribution in [3.8, 4) is 0 Å². The fourth-order valence-corrected chi connectivity index (χ4v) is 2.18. The predicted molar refractivity (Wildman–Crippen MR) is 83.1 cm³/mol. The molecule has 0 radical (unpaired) electrons. The Balaban J connectivity index is 1.89. The van der Waals surface area contributed by atoms with Crippen LogP contribution in [0.2, 0.25) is 0 Å². The smallest absolute Gasteiger partial charge is 0.267 e. The summed E-state index contributed by atoms with van der Waals surface area (Å²) in [7, 11) is 0. The minimum Gasteiger partial charge on any atom is -0.267 e. The van der Waals surface area contributed by atoms with Gasteiger partial charge in [0.2, 0.25) is 0 Å². The zero-order chi connectivity index (χ0) is 16.4. The number of nitro groups is 1. The quantitative estimate of drug-likeness (QED) is 0.406. The molecule has 2 amide bonds. The second-order valence-electron chi connectivity index (χ2n) is 4.82. The van der Waals surface area contributed by atoms with Crippen LogP contribution >= 0.6 is 0 Å². The molecule has 1 aliphatic rings. The Labute approximate surface area is 131 Å². The summed E-state index contributed by atoms with van der Waals surface area (Å²) in [5, 5.41) is 11.8. The van der Waals surface area contributed by atoms with Gasteiger partial charge in [-0.2, -0.15) is 0 Å². The molecule has 7 heteroatoms. The molecule has 2 aromatic rings. The number of carbonyl (C=O) groups excluding carboxylic acids is 2. The molecule has 0 saturated carbocycles. The minimum absolute atomic E-state index is 0.0253. The van der Waals surface area contributed by atoms with Gasteiger partial charge >= 0.3 is 0 Å². The number of hydrazine groups is 1. The van der Waals surface area contributed by atoms with E-state index in [2.05, 4.69) is 5.43 Å². The Bertz CT molecular complexity index is 813. The molecular weight excluding hydrogens is 298 g/mol. The van der Waals surface area contributed by atoms with Crippen molar-refractivity contribution in [2.24, 2.45) is 0 Å². The van der Waals surface area contributed by atoms with E-state index in [9.17, 15) is 19.7 Å². The Morgan fingerprint density at radius 1 is 1.00 bits per heavy atom. The molecule has 0 aromatic heterocycles. The first-order chi connectivity index (χ1) is 11.1. The number of hydrogen-bond donors (Lipinski definition) is 1. The molecule has 114 valence electrons. The Morgan fingerprint density at radius 2 is 1.65 bits per heavy atom. The lowest BCUT2D eigenvalue weighted by Gasteiger charge is -2.13. The van der Waals surface area contributed by atoms with Crippen LogP contribution in [-0.2, 0) is 9.59 Å². The summed E-state index contributed by atoms with van der Waals surface area (Å²) in [6, 6.07) is 14.3. The number of non-ortho nitro benzene ring substituents is 1. The van der Waals surface area contributed by atoms with Crippen molar-refractivity contribution < 1.29 is 14.5 Å². The van der Waals surface area contributed by atoms with Crippen LogP contribution in [-0.4, -0.2) is 16.7 Å². The number of para-hydroxylation sites is 1. The van der Waals surface area contributed by atoms with Gasteiger partial charge in [0.1, 0.15) is 5.57 Å². The third-order valence-electron chi connectivity index (χ3n) is 3.32. The second-order valence-corrected chi connectivity index (χ2v) is 4.82. The van der Waals surface area contributed by atoms with E-state index in [0.29, 0.717) is 11.3 Å². The van der Waals surface area contributed by atoms with E-state index in [4.69, 9.17) is 0 Å². The molecule has 1 saturated heterocycles. The van der Waals surface area contributed by atoms with Crippen molar-refractivity contribution in [3.63, 3.8) is 0 Å². The number of hydrogen-bond acceptors (Lipinski definition) is 4. The monoisotopic (exact) mass is 309 g/mol. The third-order valence-corrected chi connectivity index (χ3v) is 3.32. The van der Waals surface area contributed by atoms with Gasteiger partial charge in [-0.3, -0.25) is 25.1 Å². The summed E-state index contributed by atoms with van der Waals surface area (Å²) < 4.78 is 0.